The molecule has 156 valence electrons. The van der Waals surface area contributed by atoms with Crippen molar-refractivity contribution >= 4 is 33.1 Å². The Hall–Kier alpha value is -3.52. The highest BCUT2D eigenvalue weighted by Crippen LogP contribution is 2.28. The van der Waals surface area contributed by atoms with E-state index in [-0.39, 0.29) is 18.1 Å². The quantitative estimate of drug-likeness (QED) is 0.496. The highest BCUT2D eigenvalue weighted by Gasteiger charge is 2.26. The number of thiophene rings is 1. The van der Waals surface area contributed by atoms with Crippen molar-refractivity contribution in [3.05, 3.63) is 91.7 Å². The molecule has 0 radical (unpaired) electrons. The van der Waals surface area contributed by atoms with Gasteiger partial charge in [0.15, 0.2) is 0 Å². The van der Waals surface area contributed by atoms with E-state index in [0.29, 0.717) is 22.3 Å². The molecular formula is C23H18FN3O3S. The number of aryl methyl sites for hydroxylation is 1. The van der Waals surface area contributed by atoms with Crippen molar-refractivity contribution in [2.24, 2.45) is 0 Å². The average Bonchev–Trinajstić information content (AvgIpc) is 3.41. The Kier molecular flexibility index (Phi) is 4.59. The Balaban J connectivity index is 1.63. The zero-order valence-electron chi connectivity index (χ0n) is 16.7. The lowest BCUT2D eigenvalue weighted by Crippen LogP contribution is -2.42. The van der Waals surface area contributed by atoms with Crippen molar-refractivity contribution in [3.63, 3.8) is 0 Å². The first kappa shape index (κ1) is 19.4. The molecule has 1 aliphatic heterocycles. The lowest BCUT2D eigenvalue weighted by atomic mass is 10.2. The van der Waals surface area contributed by atoms with Gasteiger partial charge in [-0.05, 0) is 60.2 Å². The molecule has 0 atom stereocenters. The van der Waals surface area contributed by atoms with Crippen LogP contribution in [0.25, 0.3) is 15.9 Å². The normalized spacial score (nSPS) is 13.0. The summed E-state index contributed by atoms with van der Waals surface area (Å²) >= 11 is 1.21. The number of halogens is 1. The number of rotatable bonds is 3. The predicted octanol–water partition coefficient (Wildman–Crippen LogP) is 3.25. The van der Waals surface area contributed by atoms with Crippen molar-refractivity contribution < 1.29 is 9.18 Å². The lowest BCUT2D eigenvalue weighted by molar-refractivity contribution is -0.119. The van der Waals surface area contributed by atoms with E-state index in [4.69, 9.17) is 0 Å². The SMILES string of the molecule is Cc1cc(-n2c(=O)c3sccc3n(CC(=O)N3CCc4ccccc43)c2=O)ccc1F. The number of carbonyl (C=O) groups excluding carboxylic acids is 1. The molecule has 31 heavy (non-hydrogen) atoms. The van der Waals surface area contributed by atoms with Crippen LogP contribution in [0, 0.1) is 12.7 Å². The summed E-state index contributed by atoms with van der Waals surface area (Å²) in [5.41, 5.74) is 1.87. The van der Waals surface area contributed by atoms with Crippen LogP contribution in [0.5, 0.6) is 0 Å². The topological polar surface area (TPSA) is 64.3 Å². The van der Waals surface area contributed by atoms with Gasteiger partial charge in [0.1, 0.15) is 17.1 Å². The van der Waals surface area contributed by atoms with Gasteiger partial charge in [0, 0.05) is 12.2 Å². The molecule has 0 aliphatic carbocycles. The Labute approximate surface area is 180 Å². The van der Waals surface area contributed by atoms with E-state index in [1.807, 2.05) is 24.3 Å². The van der Waals surface area contributed by atoms with E-state index in [0.717, 1.165) is 22.2 Å². The summed E-state index contributed by atoms with van der Waals surface area (Å²) in [5.74, 6) is -0.641. The summed E-state index contributed by atoms with van der Waals surface area (Å²) in [6.45, 7) is 1.93. The first-order chi connectivity index (χ1) is 15.0. The van der Waals surface area contributed by atoms with Crippen molar-refractivity contribution in [2.75, 3.05) is 11.4 Å². The van der Waals surface area contributed by atoms with E-state index in [1.54, 1.807) is 23.3 Å². The molecule has 1 aliphatic rings. The Morgan fingerprint density at radius 3 is 2.74 bits per heavy atom. The van der Waals surface area contributed by atoms with E-state index in [2.05, 4.69) is 0 Å². The first-order valence-corrected chi connectivity index (χ1v) is 10.7. The van der Waals surface area contributed by atoms with Crippen LogP contribution in [0.2, 0.25) is 0 Å². The molecule has 0 saturated carbocycles. The molecule has 1 amide bonds. The van der Waals surface area contributed by atoms with Crippen LogP contribution >= 0.6 is 11.3 Å². The third kappa shape index (κ3) is 3.11. The summed E-state index contributed by atoms with van der Waals surface area (Å²) < 4.78 is 16.5. The maximum Gasteiger partial charge on any atom is 0.336 e. The number of fused-ring (bicyclic) bond motifs is 2. The van der Waals surface area contributed by atoms with Gasteiger partial charge in [-0.2, -0.15) is 0 Å². The summed E-state index contributed by atoms with van der Waals surface area (Å²) in [7, 11) is 0. The third-order valence-electron chi connectivity index (χ3n) is 5.64. The minimum Gasteiger partial charge on any atom is -0.310 e. The maximum absolute atomic E-state index is 13.7. The van der Waals surface area contributed by atoms with Crippen molar-refractivity contribution in [1.82, 2.24) is 9.13 Å². The molecule has 3 heterocycles. The number of aromatic nitrogens is 2. The number of anilines is 1. The first-order valence-electron chi connectivity index (χ1n) is 9.83. The number of carbonyl (C=O) groups is 1. The molecule has 2 aromatic heterocycles. The van der Waals surface area contributed by atoms with Crippen molar-refractivity contribution in [3.8, 4) is 5.69 Å². The fourth-order valence-electron chi connectivity index (χ4n) is 4.05. The Morgan fingerprint density at radius 2 is 1.94 bits per heavy atom. The number of para-hydroxylation sites is 1. The smallest absolute Gasteiger partial charge is 0.310 e. The molecule has 0 fully saturated rings. The minimum absolute atomic E-state index is 0.194. The average molecular weight is 435 g/mol. The summed E-state index contributed by atoms with van der Waals surface area (Å²) in [4.78, 5) is 41.2. The molecule has 8 heteroatoms. The fourth-order valence-corrected chi connectivity index (χ4v) is 4.88. The van der Waals surface area contributed by atoms with E-state index >= 15 is 0 Å². The van der Waals surface area contributed by atoms with Gasteiger partial charge < -0.3 is 4.90 Å². The van der Waals surface area contributed by atoms with Gasteiger partial charge in [0.05, 0.1) is 11.2 Å². The fraction of sp³-hybridized carbons (Fsp3) is 0.174. The van der Waals surface area contributed by atoms with Gasteiger partial charge >= 0.3 is 5.69 Å². The summed E-state index contributed by atoms with van der Waals surface area (Å²) in [6, 6.07) is 13.5. The lowest BCUT2D eigenvalue weighted by Gasteiger charge is -2.19. The molecule has 4 aromatic rings. The van der Waals surface area contributed by atoms with Gasteiger partial charge in [0.2, 0.25) is 5.91 Å². The number of hydrogen-bond acceptors (Lipinski definition) is 4. The molecule has 2 aromatic carbocycles. The van der Waals surface area contributed by atoms with E-state index in [9.17, 15) is 18.8 Å². The zero-order chi connectivity index (χ0) is 21.7. The predicted molar refractivity (Wildman–Crippen MR) is 119 cm³/mol. The molecule has 0 N–H and O–H groups in total. The Morgan fingerprint density at radius 1 is 1.13 bits per heavy atom. The standard InChI is InChI=1S/C23H18FN3O3S/c1-14-12-16(6-7-17(14)24)27-22(29)21-19(9-11-31-21)26(23(27)30)13-20(28)25-10-8-15-4-2-3-5-18(15)25/h2-7,9,11-12H,8,10,13H2,1H3. The van der Waals surface area contributed by atoms with Crippen LogP contribution in [-0.4, -0.2) is 21.6 Å². The van der Waals surface area contributed by atoms with Crippen LogP contribution in [0.3, 0.4) is 0 Å². The number of amides is 1. The van der Waals surface area contributed by atoms with E-state index < -0.39 is 17.1 Å². The number of benzene rings is 2. The minimum atomic E-state index is -0.622. The van der Waals surface area contributed by atoms with Gasteiger partial charge in [-0.3, -0.25) is 14.2 Å². The second kappa shape index (κ2) is 7.31. The van der Waals surface area contributed by atoms with Crippen LogP contribution < -0.4 is 16.1 Å². The van der Waals surface area contributed by atoms with Gasteiger partial charge in [-0.25, -0.2) is 13.8 Å². The monoisotopic (exact) mass is 435 g/mol. The second-order valence-corrected chi connectivity index (χ2v) is 8.42. The maximum atomic E-state index is 13.7. The molecule has 5 rings (SSSR count). The van der Waals surface area contributed by atoms with E-state index in [1.165, 1.54) is 34.1 Å². The van der Waals surface area contributed by atoms with Crippen LogP contribution in [0.15, 0.2) is 63.5 Å². The molecular weight excluding hydrogens is 417 g/mol. The number of nitrogens with zero attached hydrogens (tertiary/aromatic N) is 3. The van der Waals surface area contributed by atoms with Crippen LogP contribution in [-0.2, 0) is 17.8 Å². The van der Waals surface area contributed by atoms with Gasteiger partial charge in [-0.15, -0.1) is 11.3 Å². The highest BCUT2D eigenvalue weighted by molar-refractivity contribution is 7.17. The summed E-state index contributed by atoms with van der Waals surface area (Å²) in [5, 5.41) is 1.72. The van der Waals surface area contributed by atoms with Crippen molar-refractivity contribution in [2.45, 2.75) is 19.9 Å². The van der Waals surface area contributed by atoms with Crippen LogP contribution in [0.1, 0.15) is 11.1 Å². The van der Waals surface area contributed by atoms with Gasteiger partial charge in [-0.1, -0.05) is 18.2 Å². The van der Waals surface area contributed by atoms with Gasteiger partial charge in [0.25, 0.3) is 5.56 Å². The molecule has 0 unspecified atom stereocenters. The summed E-state index contributed by atoms with van der Waals surface area (Å²) in [6.07, 6.45) is 0.763. The number of hydrogen-bond donors (Lipinski definition) is 0. The largest absolute Gasteiger partial charge is 0.336 e. The van der Waals surface area contributed by atoms with Crippen LogP contribution in [0.4, 0.5) is 10.1 Å². The molecule has 0 saturated heterocycles. The highest BCUT2D eigenvalue weighted by atomic mass is 32.1. The zero-order valence-corrected chi connectivity index (χ0v) is 17.5. The second-order valence-electron chi connectivity index (χ2n) is 7.50. The van der Waals surface area contributed by atoms with Crippen molar-refractivity contribution in [1.29, 1.82) is 0 Å². The molecule has 6 nitrogen and oxygen atoms in total. The molecule has 0 spiro atoms. The Bertz CT molecular complexity index is 1470. The third-order valence-corrected chi connectivity index (χ3v) is 6.53. The molecule has 0 bridgehead atoms.